The fourth-order valence-corrected chi connectivity index (χ4v) is 5.36. The van der Waals surface area contributed by atoms with Crippen molar-refractivity contribution < 1.29 is 4.79 Å². The highest BCUT2D eigenvalue weighted by molar-refractivity contribution is 5.99. The summed E-state index contributed by atoms with van der Waals surface area (Å²) in [4.78, 5) is 13.4. The van der Waals surface area contributed by atoms with Crippen molar-refractivity contribution in [3.8, 4) is 0 Å². The summed E-state index contributed by atoms with van der Waals surface area (Å²) in [5.41, 5.74) is 4.57. The predicted molar refractivity (Wildman–Crippen MR) is 109 cm³/mol. The lowest BCUT2D eigenvalue weighted by Crippen LogP contribution is -2.39. The summed E-state index contributed by atoms with van der Waals surface area (Å²) in [7, 11) is 0. The Morgan fingerprint density at radius 2 is 1.52 bits per heavy atom. The first kappa shape index (κ1) is 16.3. The average molecular weight is 353 g/mol. The third-order valence-electron chi connectivity index (χ3n) is 6.68. The lowest BCUT2D eigenvalue weighted by atomic mass is 9.70. The zero-order valence-corrected chi connectivity index (χ0v) is 15.4. The molecule has 0 radical (unpaired) electrons. The van der Waals surface area contributed by atoms with Crippen molar-refractivity contribution in [2.45, 2.75) is 30.7 Å². The molecule has 0 aromatic heterocycles. The van der Waals surface area contributed by atoms with Gasteiger partial charge in [-0.25, -0.2) is 0 Å². The Labute approximate surface area is 160 Å². The van der Waals surface area contributed by atoms with Gasteiger partial charge >= 0.3 is 0 Å². The molecule has 2 heteroatoms. The Morgan fingerprint density at radius 3 is 2.26 bits per heavy atom. The van der Waals surface area contributed by atoms with Gasteiger partial charge in [0.25, 0.3) is 0 Å². The largest absolute Gasteiger partial charge is 0.380 e. The fraction of sp³-hybridized carbons (Fsp3) is 0.240. The van der Waals surface area contributed by atoms with Crippen LogP contribution in [0.4, 0.5) is 5.69 Å². The fourth-order valence-electron chi connectivity index (χ4n) is 5.36. The van der Waals surface area contributed by atoms with Gasteiger partial charge in [0.2, 0.25) is 0 Å². The van der Waals surface area contributed by atoms with E-state index < -0.39 is 0 Å². The molecule has 1 N–H and O–H groups in total. The number of carbonyl (C=O) groups excluding carboxylic acids is 1. The van der Waals surface area contributed by atoms with Crippen LogP contribution >= 0.6 is 0 Å². The number of para-hydroxylation sites is 1. The van der Waals surface area contributed by atoms with Gasteiger partial charge in [-0.2, -0.15) is 0 Å². The molecule has 2 aliphatic rings. The first-order valence-corrected chi connectivity index (χ1v) is 9.70. The molecule has 134 valence electrons. The number of rotatable bonds is 3. The number of anilines is 1. The lowest BCUT2D eigenvalue weighted by Gasteiger charge is -2.33. The number of hydrogen-bond acceptors (Lipinski definition) is 2. The van der Waals surface area contributed by atoms with E-state index in [9.17, 15) is 4.79 Å². The van der Waals surface area contributed by atoms with Crippen LogP contribution in [0.1, 0.15) is 40.7 Å². The minimum absolute atomic E-state index is 0.0324. The maximum atomic E-state index is 13.4. The SMILES string of the molecule is C[C@]12c3ccccc3N[C@@H]1[C@@H](C(=O)c1ccccc1)C[C@H]2c1ccccc1. The first-order chi connectivity index (χ1) is 13.2. The van der Waals surface area contributed by atoms with Crippen molar-refractivity contribution in [1.29, 1.82) is 0 Å². The van der Waals surface area contributed by atoms with E-state index in [1.807, 2.05) is 30.3 Å². The molecule has 3 aromatic carbocycles. The molecule has 5 rings (SSSR count). The quantitative estimate of drug-likeness (QED) is 0.637. The smallest absolute Gasteiger partial charge is 0.168 e. The molecule has 3 aromatic rings. The molecule has 1 saturated carbocycles. The van der Waals surface area contributed by atoms with Gasteiger partial charge in [-0.1, -0.05) is 85.8 Å². The summed E-state index contributed by atoms with van der Waals surface area (Å²) in [6, 6.07) is 29.1. The number of Topliss-reactive ketones (excluding diaryl/α,β-unsaturated/α-hetero) is 1. The molecule has 4 atom stereocenters. The van der Waals surface area contributed by atoms with Gasteiger partial charge in [0, 0.05) is 28.6 Å². The van der Waals surface area contributed by atoms with Crippen molar-refractivity contribution in [2.75, 3.05) is 5.32 Å². The molecule has 1 aliphatic heterocycles. The number of fused-ring (bicyclic) bond motifs is 3. The second kappa shape index (κ2) is 6.09. The molecular weight excluding hydrogens is 330 g/mol. The van der Waals surface area contributed by atoms with Crippen molar-refractivity contribution in [1.82, 2.24) is 0 Å². The summed E-state index contributed by atoms with van der Waals surface area (Å²) in [6.45, 7) is 2.34. The molecule has 1 aliphatic carbocycles. The zero-order valence-electron chi connectivity index (χ0n) is 15.4. The van der Waals surface area contributed by atoms with E-state index in [0.717, 1.165) is 12.0 Å². The molecule has 0 spiro atoms. The van der Waals surface area contributed by atoms with E-state index in [1.165, 1.54) is 16.8 Å². The molecule has 0 unspecified atom stereocenters. The van der Waals surface area contributed by atoms with Crippen LogP contribution in [0.3, 0.4) is 0 Å². The van der Waals surface area contributed by atoms with Crippen LogP contribution in [0.2, 0.25) is 0 Å². The van der Waals surface area contributed by atoms with Gasteiger partial charge in [-0.3, -0.25) is 4.79 Å². The molecule has 0 amide bonds. The van der Waals surface area contributed by atoms with Crippen molar-refractivity contribution in [3.63, 3.8) is 0 Å². The molecule has 1 fully saturated rings. The number of nitrogens with one attached hydrogen (secondary N) is 1. The monoisotopic (exact) mass is 353 g/mol. The van der Waals surface area contributed by atoms with Gasteiger partial charge in [0.1, 0.15) is 0 Å². The lowest BCUT2D eigenvalue weighted by molar-refractivity contribution is 0.0912. The zero-order chi connectivity index (χ0) is 18.4. The van der Waals surface area contributed by atoms with Crippen LogP contribution in [0.25, 0.3) is 0 Å². The highest BCUT2D eigenvalue weighted by Crippen LogP contribution is 2.59. The van der Waals surface area contributed by atoms with E-state index in [0.29, 0.717) is 5.92 Å². The summed E-state index contributed by atoms with van der Waals surface area (Å²) in [5, 5.41) is 3.72. The molecule has 1 heterocycles. The standard InChI is InChI=1S/C25H23NO/c1-25-20-14-8-9-15-22(20)26-24(25)19(23(27)18-12-6-3-7-13-18)16-21(25)17-10-4-2-5-11-17/h2-15,19,21,24,26H,16H2,1H3/t19-,21+,24-,25-/m1/s1. The summed E-state index contributed by atoms with van der Waals surface area (Å²) < 4.78 is 0. The molecule has 0 saturated heterocycles. The highest BCUT2D eigenvalue weighted by Gasteiger charge is 2.59. The highest BCUT2D eigenvalue weighted by atomic mass is 16.1. The maximum absolute atomic E-state index is 13.4. The maximum Gasteiger partial charge on any atom is 0.168 e. The molecule has 0 bridgehead atoms. The summed E-state index contributed by atoms with van der Waals surface area (Å²) >= 11 is 0. The van der Waals surface area contributed by atoms with Gasteiger partial charge in [0.15, 0.2) is 5.78 Å². The Kier molecular flexibility index (Phi) is 3.68. The van der Waals surface area contributed by atoms with Crippen molar-refractivity contribution in [2.24, 2.45) is 5.92 Å². The number of carbonyl (C=O) groups is 1. The van der Waals surface area contributed by atoms with Crippen LogP contribution in [-0.4, -0.2) is 11.8 Å². The number of benzene rings is 3. The van der Waals surface area contributed by atoms with Crippen LogP contribution < -0.4 is 5.32 Å². The topological polar surface area (TPSA) is 29.1 Å². The third kappa shape index (κ3) is 2.36. The Hall–Kier alpha value is -2.87. The Bertz CT molecular complexity index is 981. The average Bonchev–Trinajstić information content (AvgIpc) is 3.18. The van der Waals surface area contributed by atoms with Crippen LogP contribution in [-0.2, 0) is 5.41 Å². The second-order valence-electron chi connectivity index (χ2n) is 7.99. The van der Waals surface area contributed by atoms with Crippen molar-refractivity contribution in [3.05, 3.63) is 102 Å². The predicted octanol–water partition coefficient (Wildman–Crippen LogP) is 5.43. The van der Waals surface area contributed by atoms with E-state index in [2.05, 4.69) is 66.8 Å². The first-order valence-electron chi connectivity index (χ1n) is 9.70. The van der Waals surface area contributed by atoms with Crippen LogP contribution in [0.5, 0.6) is 0 Å². The number of ketones is 1. The molecule has 2 nitrogen and oxygen atoms in total. The third-order valence-corrected chi connectivity index (χ3v) is 6.68. The second-order valence-corrected chi connectivity index (χ2v) is 7.99. The Morgan fingerprint density at radius 1 is 0.889 bits per heavy atom. The van der Waals surface area contributed by atoms with E-state index in [4.69, 9.17) is 0 Å². The van der Waals surface area contributed by atoms with E-state index in [-0.39, 0.29) is 23.2 Å². The van der Waals surface area contributed by atoms with Crippen molar-refractivity contribution >= 4 is 11.5 Å². The molecular formula is C25H23NO. The normalized spacial score (nSPS) is 28.3. The van der Waals surface area contributed by atoms with Crippen LogP contribution in [0.15, 0.2) is 84.9 Å². The Balaban J connectivity index is 1.62. The van der Waals surface area contributed by atoms with E-state index >= 15 is 0 Å². The number of hydrogen-bond donors (Lipinski definition) is 1. The van der Waals surface area contributed by atoms with Gasteiger partial charge < -0.3 is 5.32 Å². The minimum Gasteiger partial charge on any atom is -0.380 e. The van der Waals surface area contributed by atoms with Gasteiger partial charge in [-0.15, -0.1) is 0 Å². The van der Waals surface area contributed by atoms with Gasteiger partial charge in [0.05, 0.1) is 0 Å². The van der Waals surface area contributed by atoms with Crippen LogP contribution in [0, 0.1) is 5.92 Å². The van der Waals surface area contributed by atoms with Gasteiger partial charge in [-0.05, 0) is 29.5 Å². The minimum atomic E-state index is -0.0902. The summed E-state index contributed by atoms with van der Waals surface area (Å²) in [5.74, 6) is 0.540. The molecule has 27 heavy (non-hydrogen) atoms. The summed E-state index contributed by atoms with van der Waals surface area (Å²) in [6.07, 6.45) is 0.875. The van der Waals surface area contributed by atoms with E-state index in [1.54, 1.807) is 0 Å².